The topological polar surface area (TPSA) is 63.9 Å². The Hall–Kier alpha value is -1.98. The molecule has 0 saturated heterocycles. The second-order valence-electron chi connectivity index (χ2n) is 4.72. The Morgan fingerprint density at radius 3 is 2.58 bits per heavy atom. The Morgan fingerprint density at radius 2 is 2.00 bits per heavy atom. The van der Waals surface area contributed by atoms with Crippen molar-refractivity contribution in [3.05, 3.63) is 18.2 Å². The molecule has 6 heteroatoms. The van der Waals surface area contributed by atoms with Gasteiger partial charge in [-0.2, -0.15) is 0 Å². The number of hydrogen-bond donors (Lipinski definition) is 0. The molecule has 0 radical (unpaired) electrons. The molecule has 0 spiro atoms. The molecule has 0 fully saturated rings. The summed E-state index contributed by atoms with van der Waals surface area (Å²) < 4.78 is 2.03. The highest BCUT2D eigenvalue weighted by molar-refractivity contribution is 5.92. The van der Waals surface area contributed by atoms with Crippen LogP contribution >= 0.6 is 0 Å². The lowest BCUT2D eigenvalue weighted by atomic mass is 10.2. The molecule has 0 atom stereocenters. The van der Waals surface area contributed by atoms with Crippen LogP contribution in [0.15, 0.2) is 12.5 Å². The molecule has 0 saturated carbocycles. The van der Waals surface area contributed by atoms with Crippen molar-refractivity contribution in [2.45, 2.75) is 32.7 Å². The molecule has 0 aliphatic heterocycles. The van der Waals surface area contributed by atoms with Gasteiger partial charge in [-0.3, -0.25) is 4.79 Å². The lowest BCUT2D eigenvalue weighted by molar-refractivity contribution is 0.0822. The summed E-state index contributed by atoms with van der Waals surface area (Å²) in [5, 5.41) is 0. The first-order valence-electron chi connectivity index (χ1n) is 6.49. The summed E-state index contributed by atoms with van der Waals surface area (Å²) in [6, 6.07) is 0.370. The molecule has 0 aliphatic rings. The van der Waals surface area contributed by atoms with Gasteiger partial charge in [-0.1, -0.05) is 13.8 Å². The van der Waals surface area contributed by atoms with Crippen molar-refractivity contribution in [2.75, 3.05) is 14.1 Å². The lowest BCUT2D eigenvalue weighted by Crippen LogP contribution is -2.23. The largest absolute Gasteiger partial charge is 0.343 e. The van der Waals surface area contributed by atoms with Gasteiger partial charge in [0.15, 0.2) is 11.3 Å². The molecule has 102 valence electrons. The molecule has 2 rings (SSSR count). The SMILES string of the molecule is CCC(CC)n1cnc2nc(C(=O)N(C)C)cnc21. The van der Waals surface area contributed by atoms with Gasteiger partial charge in [-0.15, -0.1) is 0 Å². The van der Waals surface area contributed by atoms with Gasteiger partial charge < -0.3 is 9.47 Å². The van der Waals surface area contributed by atoms with Crippen LogP contribution in [0.3, 0.4) is 0 Å². The Balaban J connectivity index is 2.45. The van der Waals surface area contributed by atoms with E-state index in [4.69, 9.17) is 0 Å². The second kappa shape index (κ2) is 5.34. The van der Waals surface area contributed by atoms with Gasteiger partial charge >= 0.3 is 0 Å². The standard InChI is InChI=1S/C13H19N5O/c1-5-9(6-2)18-8-15-11-12(18)14-7-10(16-11)13(19)17(3)4/h7-9H,5-6H2,1-4H3. The number of rotatable bonds is 4. The fourth-order valence-electron chi connectivity index (χ4n) is 2.09. The van der Waals surface area contributed by atoms with Crippen LogP contribution in [0.2, 0.25) is 0 Å². The van der Waals surface area contributed by atoms with Gasteiger partial charge in [-0.25, -0.2) is 15.0 Å². The molecule has 0 bridgehead atoms. The van der Waals surface area contributed by atoms with E-state index >= 15 is 0 Å². The Morgan fingerprint density at radius 1 is 1.32 bits per heavy atom. The van der Waals surface area contributed by atoms with E-state index in [2.05, 4.69) is 28.8 Å². The highest BCUT2D eigenvalue weighted by Gasteiger charge is 2.16. The first-order valence-corrected chi connectivity index (χ1v) is 6.49. The maximum absolute atomic E-state index is 11.8. The summed E-state index contributed by atoms with van der Waals surface area (Å²) in [6.45, 7) is 4.27. The maximum atomic E-state index is 11.8. The molecule has 2 aromatic rings. The molecule has 0 aromatic carbocycles. The van der Waals surface area contributed by atoms with Crippen LogP contribution in [0.1, 0.15) is 43.2 Å². The summed E-state index contributed by atoms with van der Waals surface area (Å²) in [4.78, 5) is 26.2. The van der Waals surface area contributed by atoms with Crippen molar-refractivity contribution >= 4 is 17.2 Å². The van der Waals surface area contributed by atoms with Crippen LogP contribution in [-0.4, -0.2) is 44.4 Å². The summed E-state index contributed by atoms with van der Waals surface area (Å²) >= 11 is 0. The third kappa shape index (κ3) is 2.43. The number of imidazole rings is 1. The van der Waals surface area contributed by atoms with Crippen LogP contribution < -0.4 is 0 Å². The zero-order chi connectivity index (χ0) is 14.0. The van der Waals surface area contributed by atoms with Gasteiger partial charge in [0.05, 0.1) is 12.5 Å². The highest BCUT2D eigenvalue weighted by atomic mass is 16.2. The minimum Gasteiger partial charge on any atom is -0.343 e. The van der Waals surface area contributed by atoms with E-state index in [1.165, 1.54) is 11.1 Å². The summed E-state index contributed by atoms with van der Waals surface area (Å²) in [5.41, 5.74) is 1.59. The number of amides is 1. The zero-order valence-corrected chi connectivity index (χ0v) is 11.8. The average Bonchev–Trinajstić information content (AvgIpc) is 2.82. The first-order chi connectivity index (χ1) is 9.08. The van der Waals surface area contributed by atoms with Gasteiger partial charge in [0.1, 0.15) is 5.69 Å². The highest BCUT2D eigenvalue weighted by Crippen LogP contribution is 2.20. The van der Waals surface area contributed by atoms with Crippen LogP contribution in [0, 0.1) is 0 Å². The third-order valence-electron chi connectivity index (χ3n) is 3.25. The smallest absolute Gasteiger partial charge is 0.273 e. The van der Waals surface area contributed by atoms with Gasteiger partial charge in [0.25, 0.3) is 5.91 Å². The van der Waals surface area contributed by atoms with E-state index in [0.717, 1.165) is 18.5 Å². The van der Waals surface area contributed by atoms with E-state index in [0.29, 0.717) is 17.4 Å². The average molecular weight is 261 g/mol. The van der Waals surface area contributed by atoms with Crippen LogP contribution in [-0.2, 0) is 0 Å². The number of carbonyl (C=O) groups is 1. The Bertz CT molecular complexity index is 586. The van der Waals surface area contributed by atoms with Crippen LogP contribution in [0.4, 0.5) is 0 Å². The van der Waals surface area contributed by atoms with E-state index in [-0.39, 0.29) is 5.91 Å². The molecule has 1 amide bonds. The number of hydrogen-bond acceptors (Lipinski definition) is 4. The van der Waals surface area contributed by atoms with Crippen LogP contribution in [0.5, 0.6) is 0 Å². The molecular weight excluding hydrogens is 242 g/mol. The minimum atomic E-state index is -0.161. The van der Waals surface area contributed by atoms with Gasteiger partial charge in [0.2, 0.25) is 0 Å². The van der Waals surface area contributed by atoms with Crippen molar-refractivity contribution in [3.63, 3.8) is 0 Å². The summed E-state index contributed by atoms with van der Waals surface area (Å²) in [7, 11) is 3.38. The molecule has 0 N–H and O–H groups in total. The predicted octanol–water partition coefficient (Wildman–Crippen LogP) is 1.89. The number of aromatic nitrogens is 4. The fourth-order valence-corrected chi connectivity index (χ4v) is 2.09. The maximum Gasteiger partial charge on any atom is 0.273 e. The first kappa shape index (κ1) is 13.5. The minimum absolute atomic E-state index is 0.161. The number of carbonyl (C=O) groups excluding carboxylic acids is 1. The zero-order valence-electron chi connectivity index (χ0n) is 11.8. The molecule has 0 aliphatic carbocycles. The summed E-state index contributed by atoms with van der Waals surface area (Å²) in [6.07, 6.45) is 5.31. The third-order valence-corrected chi connectivity index (χ3v) is 3.25. The van der Waals surface area contributed by atoms with Crippen molar-refractivity contribution in [3.8, 4) is 0 Å². The fraction of sp³-hybridized carbons (Fsp3) is 0.538. The molecule has 19 heavy (non-hydrogen) atoms. The Labute approximate surface area is 112 Å². The monoisotopic (exact) mass is 261 g/mol. The molecule has 2 heterocycles. The molecular formula is C13H19N5O. The van der Waals surface area contributed by atoms with E-state index in [1.54, 1.807) is 20.4 Å². The second-order valence-corrected chi connectivity index (χ2v) is 4.72. The van der Waals surface area contributed by atoms with E-state index in [9.17, 15) is 4.79 Å². The van der Waals surface area contributed by atoms with E-state index in [1.807, 2.05) is 4.57 Å². The molecule has 0 unspecified atom stereocenters. The Kier molecular flexibility index (Phi) is 3.78. The van der Waals surface area contributed by atoms with Crippen molar-refractivity contribution in [2.24, 2.45) is 0 Å². The van der Waals surface area contributed by atoms with Gasteiger partial charge in [0, 0.05) is 20.1 Å². The quantitative estimate of drug-likeness (QED) is 0.843. The number of fused-ring (bicyclic) bond motifs is 1. The van der Waals surface area contributed by atoms with Crippen molar-refractivity contribution in [1.82, 2.24) is 24.4 Å². The molecule has 2 aromatic heterocycles. The van der Waals surface area contributed by atoms with Gasteiger partial charge in [-0.05, 0) is 12.8 Å². The van der Waals surface area contributed by atoms with Crippen molar-refractivity contribution < 1.29 is 4.79 Å². The lowest BCUT2D eigenvalue weighted by Gasteiger charge is -2.14. The van der Waals surface area contributed by atoms with Crippen LogP contribution in [0.25, 0.3) is 11.3 Å². The number of nitrogens with zero attached hydrogens (tertiary/aromatic N) is 5. The van der Waals surface area contributed by atoms with E-state index < -0.39 is 0 Å². The molecule has 6 nitrogen and oxygen atoms in total. The summed E-state index contributed by atoms with van der Waals surface area (Å²) in [5.74, 6) is -0.161. The normalized spacial score (nSPS) is 11.2. The van der Waals surface area contributed by atoms with Crippen molar-refractivity contribution in [1.29, 1.82) is 0 Å². The predicted molar refractivity (Wildman–Crippen MR) is 73.0 cm³/mol.